The number of halogens is 1. The minimum atomic E-state index is -0.729. The maximum Gasteiger partial charge on any atom is 0.272 e. The van der Waals surface area contributed by atoms with Gasteiger partial charge >= 0.3 is 0 Å². The molecule has 2 N–H and O–H groups in total. The minimum Gasteiger partial charge on any atom is -0.514 e. The van der Waals surface area contributed by atoms with Crippen molar-refractivity contribution < 1.29 is 14.4 Å². The van der Waals surface area contributed by atoms with Crippen molar-refractivity contribution in [2.75, 3.05) is 5.32 Å². The summed E-state index contributed by atoms with van der Waals surface area (Å²) in [7, 11) is 0. The zero-order chi connectivity index (χ0) is 13.7. The van der Waals surface area contributed by atoms with E-state index in [2.05, 4.69) is 5.32 Å². The van der Waals surface area contributed by atoms with Gasteiger partial charge in [0.25, 0.3) is 5.69 Å². The SMILES string of the molecule is CC(C)CC(=CO)Nc1ccc([N+](=O)[O-])cc1F. The van der Waals surface area contributed by atoms with Crippen LogP contribution in [0, 0.1) is 21.8 Å². The van der Waals surface area contributed by atoms with Crippen LogP contribution < -0.4 is 5.32 Å². The number of hydrogen-bond donors (Lipinski definition) is 2. The normalized spacial score (nSPS) is 11.7. The van der Waals surface area contributed by atoms with Gasteiger partial charge in [-0.05, 0) is 18.4 Å². The second kappa shape index (κ2) is 6.00. The minimum absolute atomic E-state index is 0.0987. The van der Waals surface area contributed by atoms with Crippen LogP contribution in [0.1, 0.15) is 20.3 Å². The largest absolute Gasteiger partial charge is 0.514 e. The summed E-state index contributed by atoms with van der Waals surface area (Å²) in [6.45, 7) is 3.91. The van der Waals surface area contributed by atoms with E-state index < -0.39 is 10.7 Å². The van der Waals surface area contributed by atoms with E-state index in [-0.39, 0.29) is 17.3 Å². The molecule has 0 aromatic heterocycles. The van der Waals surface area contributed by atoms with E-state index in [0.29, 0.717) is 12.1 Å². The van der Waals surface area contributed by atoms with Crippen LogP contribution in [0.25, 0.3) is 0 Å². The highest BCUT2D eigenvalue weighted by molar-refractivity contribution is 5.53. The number of non-ortho nitro benzene ring substituents is 1. The summed E-state index contributed by atoms with van der Waals surface area (Å²) < 4.78 is 13.6. The van der Waals surface area contributed by atoms with E-state index in [4.69, 9.17) is 5.11 Å². The molecule has 5 nitrogen and oxygen atoms in total. The van der Waals surface area contributed by atoms with Gasteiger partial charge in [0.15, 0.2) is 5.82 Å². The van der Waals surface area contributed by atoms with Gasteiger partial charge in [0.1, 0.15) is 0 Å². The molecule has 0 saturated heterocycles. The number of benzene rings is 1. The maximum absolute atomic E-state index is 13.6. The molecule has 0 aliphatic carbocycles. The van der Waals surface area contributed by atoms with Crippen molar-refractivity contribution in [3.8, 4) is 0 Å². The van der Waals surface area contributed by atoms with E-state index in [9.17, 15) is 14.5 Å². The summed E-state index contributed by atoms with van der Waals surface area (Å²) in [6.07, 6.45) is 1.42. The van der Waals surface area contributed by atoms with E-state index in [1.54, 1.807) is 0 Å². The number of allylic oxidation sites excluding steroid dienone is 1. The zero-order valence-corrected chi connectivity index (χ0v) is 10.2. The predicted octanol–water partition coefficient (Wildman–Crippen LogP) is 3.59. The number of anilines is 1. The topological polar surface area (TPSA) is 75.4 Å². The molecule has 0 spiro atoms. The quantitative estimate of drug-likeness (QED) is 0.478. The first-order valence-electron chi connectivity index (χ1n) is 5.48. The van der Waals surface area contributed by atoms with Gasteiger partial charge in [-0.2, -0.15) is 0 Å². The Bertz CT molecular complexity index is 472. The summed E-state index contributed by atoms with van der Waals surface area (Å²) in [4.78, 5) is 9.79. The molecule has 0 saturated carbocycles. The number of nitrogens with one attached hydrogen (secondary N) is 1. The van der Waals surface area contributed by atoms with Gasteiger partial charge in [0, 0.05) is 6.07 Å². The van der Waals surface area contributed by atoms with Crippen LogP contribution in [0.15, 0.2) is 30.2 Å². The molecule has 0 radical (unpaired) electrons. The fourth-order valence-electron chi connectivity index (χ4n) is 1.47. The summed E-state index contributed by atoms with van der Waals surface area (Å²) in [5.41, 5.74) is 0.246. The molecule has 0 fully saturated rings. The molecule has 0 bridgehead atoms. The van der Waals surface area contributed by atoms with E-state index in [1.807, 2.05) is 13.8 Å². The van der Waals surface area contributed by atoms with Crippen LogP contribution >= 0.6 is 0 Å². The van der Waals surface area contributed by atoms with Gasteiger partial charge in [-0.3, -0.25) is 10.1 Å². The van der Waals surface area contributed by atoms with E-state index in [1.165, 1.54) is 12.1 Å². The Morgan fingerprint density at radius 3 is 2.72 bits per heavy atom. The van der Waals surface area contributed by atoms with Crippen molar-refractivity contribution in [1.29, 1.82) is 0 Å². The number of aliphatic hydroxyl groups is 1. The highest BCUT2D eigenvalue weighted by atomic mass is 19.1. The Labute approximate surface area is 104 Å². The smallest absolute Gasteiger partial charge is 0.272 e. The molecule has 6 heteroatoms. The van der Waals surface area contributed by atoms with Crippen molar-refractivity contribution in [2.24, 2.45) is 5.92 Å². The van der Waals surface area contributed by atoms with Gasteiger partial charge in [0.05, 0.1) is 28.6 Å². The molecule has 0 amide bonds. The number of nitro groups is 1. The Balaban J connectivity index is 2.88. The first-order chi connectivity index (χ1) is 8.43. The maximum atomic E-state index is 13.6. The number of nitrogens with zero attached hydrogens (tertiary/aromatic N) is 1. The third-order valence-electron chi connectivity index (χ3n) is 2.24. The predicted molar refractivity (Wildman–Crippen MR) is 66.8 cm³/mol. The third-order valence-corrected chi connectivity index (χ3v) is 2.24. The monoisotopic (exact) mass is 254 g/mol. The standard InChI is InChI=1S/C12H15FN2O3/c1-8(2)5-9(7-16)14-12-4-3-10(15(17)18)6-11(12)13/h3-4,6-8,14,16H,5H2,1-2H3. The lowest BCUT2D eigenvalue weighted by Gasteiger charge is -2.12. The lowest BCUT2D eigenvalue weighted by Crippen LogP contribution is -2.05. The number of aliphatic hydroxyl groups excluding tert-OH is 1. The van der Waals surface area contributed by atoms with Crippen molar-refractivity contribution in [3.63, 3.8) is 0 Å². The molecule has 0 heterocycles. The van der Waals surface area contributed by atoms with E-state index >= 15 is 0 Å². The second-order valence-electron chi connectivity index (χ2n) is 4.30. The molecular weight excluding hydrogens is 239 g/mol. The molecular formula is C12H15FN2O3. The molecule has 1 aromatic carbocycles. The van der Waals surface area contributed by atoms with Crippen LogP contribution in [0.3, 0.4) is 0 Å². The Kier molecular flexibility index (Phi) is 4.65. The summed E-state index contributed by atoms with van der Waals surface area (Å²) in [5, 5.41) is 22.2. The average molecular weight is 254 g/mol. The summed E-state index contributed by atoms with van der Waals surface area (Å²) in [5.74, 6) is -0.440. The molecule has 0 aliphatic rings. The van der Waals surface area contributed by atoms with Crippen molar-refractivity contribution in [1.82, 2.24) is 0 Å². The van der Waals surface area contributed by atoms with Gasteiger partial charge < -0.3 is 10.4 Å². The van der Waals surface area contributed by atoms with Gasteiger partial charge in [-0.15, -0.1) is 0 Å². The van der Waals surface area contributed by atoms with Crippen LogP contribution in [0.5, 0.6) is 0 Å². The Morgan fingerprint density at radius 2 is 2.28 bits per heavy atom. The second-order valence-corrected chi connectivity index (χ2v) is 4.30. The van der Waals surface area contributed by atoms with Crippen molar-refractivity contribution >= 4 is 11.4 Å². The van der Waals surface area contributed by atoms with Crippen LogP contribution in [-0.2, 0) is 0 Å². The lowest BCUT2D eigenvalue weighted by molar-refractivity contribution is -0.385. The first kappa shape index (κ1) is 14.0. The van der Waals surface area contributed by atoms with Crippen molar-refractivity contribution in [2.45, 2.75) is 20.3 Å². The molecule has 1 aromatic rings. The first-order valence-corrected chi connectivity index (χ1v) is 5.48. The molecule has 98 valence electrons. The van der Waals surface area contributed by atoms with Gasteiger partial charge in [-0.25, -0.2) is 4.39 Å². The van der Waals surface area contributed by atoms with Gasteiger partial charge in [0.2, 0.25) is 0 Å². The Morgan fingerprint density at radius 1 is 1.61 bits per heavy atom. The number of nitro benzene ring substituents is 1. The summed E-state index contributed by atoms with van der Waals surface area (Å²) >= 11 is 0. The molecule has 0 aliphatic heterocycles. The molecule has 0 unspecified atom stereocenters. The molecule has 18 heavy (non-hydrogen) atoms. The fraction of sp³-hybridized carbons (Fsp3) is 0.333. The molecule has 1 rings (SSSR count). The van der Waals surface area contributed by atoms with E-state index in [0.717, 1.165) is 12.3 Å². The third kappa shape index (κ3) is 3.73. The average Bonchev–Trinajstić information content (AvgIpc) is 2.29. The highest BCUT2D eigenvalue weighted by Gasteiger charge is 2.12. The van der Waals surface area contributed by atoms with Crippen LogP contribution in [0.4, 0.5) is 15.8 Å². The number of hydrogen-bond acceptors (Lipinski definition) is 4. The summed E-state index contributed by atoms with van der Waals surface area (Å²) in [6, 6.07) is 3.32. The lowest BCUT2D eigenvalue weighted by atomic mass is 10.1. The van der Waals surface area contributed by atoms with Crippen molar-refractivity contribution in [3.05, 3.63) is 46.1 Å². The number of rotatable bonds is 5. The van der Waals surface area contributed by atoms with Gasteiger partial charge in [-0.1, -0.05) is 13.8 Å². The van der Waals surface area contributed by atoms with Crippen LogP contribution in [0.2, 0.25) is 0 Å². The zero-order valence-electron chi connectivity index (χ0n) is 10.2. The molecule has 0 atom stereocenters. The van der Waals surface area contributed by atoms with Crippen LogP contribution in [-0.4, -0.2) is 10.0 Å². The highest BCUT2D eigenvalue weighted by Crippen LogP contribution is 2.23. The fourth-order valence-corrected chi connectivity index (χ4v) is 1.47. The Hall–Kier alpha value is -2.11.